The number of aromatic nitrogens is 2. The molecule has 0 aliphatic carbocycles. The first-order chi connectivity index (χ1) is 14.7. The average Bonchev–Trinajstić information content (AvgIpc) is 3.30. The van der Waals surface area contributed by atoms with Crippen molar-refractivity contribution in [3.63, 3.8) is 0 Å². The smallest absolute Gasteiger partial charge is 0.237 e. The van der Waals surface area contributed by atoms with Crippen LogP contribution >= 0.6 is 0 Å². The van der Waals surface area contributed by atoms with Crippen LogP contribution < -0.4 is 0 Å². The van der Waals surface area contributed by atoms with E-state index < -0.39 is 10.8 Å². The van der Waals surface area contributed by atoms with E-state index in [4.69, 9.17) is 9.84 Å². The van der Waals surface area contributed by atoms with E-state index in [1.807, 2.05) is 28.9 Å². The van der Waals surface area contributed by atoms with Crippen molar-refractivity contribution in [2.45, 2.75) is 44.7 Å². The maximum atomic E-state index is 11.8. The summed E-state index contributed by atoms with van der Waals surface area (Å²) in [4.78, 5) is 5.52. The minimum atomic E-state index is -0.995. The van der Waals surface area contributed by atoms with Gasteiger partial charge < -0.3 is 4.74 Å². The van der Waals surface area contributed by atoms with Gasteiger partial charge in [-0.2, -0.15) is 5.10 Å². The molecule has 0 N–H and O–H groups in total. The van der Waals surface area contributed by atoms with Crippen LogP contribution in [-0.2, 0) is 22.1 Å². The highest BCUT2D eigenvalue weighted by atomic mass is 32.2. The van der Waals surface area contributed by atoms with Crippen LogP contribution in [0.5, 0.6) is 0 Å². The van der Waals surface area contributed by atoms with Crippen LogP contribution in [0.1, 0.15) is 33.4 Å². The van der Waals surface area contributed by atoms with E-state index in [1.165, 1.54) is 0 Å². The van der Waals surface area contributed by atoms with Crippen molar-refractivity contribution in [1.82, 2.24) is 9.78 Å². The summed E-state index contributed by atoms with van der Waals surface area (Å²) < 4.78 is 19.7. The Labute approximate surface area is 186 Å². The second kappa shape index (κ2) is 8.42. The normalized spacial score (nSPS) is 16.3. The minimum absolute atomic E-state index is 0.213. The first-order valence-electron chi connectivity index (χ1n) is 10.6. The van der Waals surface area contributed by atoms with Gasteiger partial charge in [0.1, 0.15) is 12.3 Å². The van der Waals surface area contributed by atoms with Crippen LogP contribution in [0.15, 0.2) is 64.5 Å². The molecule has 3 aromatic rings. The zero-order valence-corrected chi connectivity index (χ0v) is 19.6. The number of aliphatic imine (C=N–C) groups is 1. The van der Waals surface area contributed by atoms with Crippen molar-refractivity contribution >= 4 is 16.7 Å². The Morgan fingerprint density at radius 1 is 1.06 bits per heavy atom. The number of hydrogen-bond acceptors (Lipinski definition) is 4. The van der Waals surface area contributed by atoms with Gasteiger partial charge in [0.2, 0.25) is 5.90 Å². The summed E-state index contributed by atoms with van der Waals surface area (Å²) >= 11 is 0. The SMILES string of the molecule is CC(C)Cn1nc(C2=NC(C)(C)CO2)cc1-c1ccc(-c2cccc(S(C)=O)c2)cc1. The molecule has 4 rings (SSSR count). The van der Waals surface area contributed by atoms with Crippen LogP contribution in [0.3, 0.4) is 0 Å². The molecule has 1 aliphatic rings. The number of rotatable bonds is 6. The summed E-state index contributed by atoms with van der Waals surface area (Å²) in [6, 6.07) is 18.4. The van der Waals surface area contributed by atoms with Crippen molar-refractivity contribution < 1.29 is 8.95 Å². The lowest BCUT2D eigenvalue weighted by molar-refractivity contribution is 0.278. The fourth-order valence-corrected chi connectivity index (χ4v) is 4.21. The van der Waals surface area contributed by atoms with Crippen molar-refractivity contribution in [2.24, 2.45) is 10.9 Å². The summed E-state index contributed by atoms with van der Waals surface area (Å²) in [5.74, 6) is 1.08. The lowest BCUT2D eigenvalue weighted by Gasteiger charge is -2.11. The average molecular weight is 436 g/mol. The zero-order chi connectivity index (χ0) is 22.2. The molecular weight excluding hydrogens is 406 g/mol. The van der Waals surface area contributed by atoms with E-state index in [1.54, 1.807) is 6.26 Å². The Morgan fingerprint density at radius 3 is 2.39 bits per heavy atom. The van der Waals surface area contributed by atoms with Crippen molar-refractivity contribution in [1.29, 1.82) is 0 Å². The van der Waals surface area contributed by atoms with Gasteiger partial charge in [-0.05, 0) is 54.7 Å². The van der Waals surface area contributed by atoms with Crippen LogP contribution in [-0.4, -0.2) is 38.3 Å². The van der Waals surface area contributed by atoms with Gasteiger partial charge >= 0.3 is 0 Å². The van der Waals surface area contributed by atoms with Crippen LogP contribution in [0, 0.1) is 5.92 Å². The summed E-state index contributed by atoms with van der Waals surface area (Å²) in [6.45, 7) is 9.89. The Morgan fingerprint density at radius 2 is 1.77 bits per heavy atom. The van der Waals surface area contributed by atoms with Crippen molar-refractivity contribution in [3.8, 4) is 22.4 Å². The number of benzene rings is 2. The highest BCUT2D eigenvalue weighted by Crippen LogP contribution is 2.28. The third kappa shape index (κ3) is 4.79. The standard InChI is InChI=1S/C25H29N3O2S/c1-17(2)15-28-23(14-22(27-28)24-26-25(3,4)16-30-24)19-11-9-18(10-12-19)20-7-6-8-21(13-20)31(5)29/h6-14,17H,15-16H2,1-5H3. The Hall–Kier alpha value is -2.73. The van der Waals surface area contributed by atoms with E-state index in [9.17, 15) is 4.21 Å². The van der Waals surface area contributed by atoms with E-state index in [0.29, 0.717) is 18.4 Å². The largest absolute Gasteiger partial charge is 0.474 e. The molecule has 0 saturated carbocycles. The highest BCUT2D eigenvalue weighted by molar-refractivity contribution is 7.84. The molecule has 5 nitrogen and oxygen atoms in total. The molecule has 1 atom stereocenters. The van der Waals surface area contributed by atoms with Crippen molar-refractivity contribution in [2.75, 3.05) is 12.9 Å². The molecule has 0 radical (unpaired) electrons. The van der Waals surface area contributed by atoms with Gasteiger partial charge in [0.15, 0.2) is 0 Å². The number of ether oxygens (including phenoxy) is 1. The molecule has 31 heavy (non-hydrogen) atoms. The Kier molecular flexibility index (Phi) is 5.84. The topological polar surface area (TPSA) is 56.5 Å². The fraction of sp³-hybridized carbons (Fsp3) is 0.360. The third-order valence-corrected chi connectivity index (χ3v) is 6.10. The second-order valence-corrected chi connectivity index (χ2v) is 10.4. The summed E-state index contributed by atoms with van der Waals surface area (Å²) in [5.41, 5.74) is 4.87. The molecule has 1 aliphatic heterocycles. The van der Waals surface area contributed by atoms with Crippen molar-refractivity contribution in [3.05, 3.63) is 60.3 Å². The Balaban J connectivity index is 1.69. The molecule has 0 fully saturated rings. The summed E-state index contributed by atoms with van der Waals surface area (Å²) in [6.07, 6.45) is 1.70. The molecule has 0 bridgehead atoms. The molecule has 1 unspecified atom stereocenters. The minimum Gasteiger partial charge on any atom is -0.474 e. The maximum Gasteiger partial charge on any atom is 0.237 e. The molecule has 0 amide bonds. The molecular formula is C25H29N3O2S. The predicted molar refractivity (Wildman–Crippen MR) is 127 cm³/mol. The van der Waals surface area contributed by atoms with Gasteiger partial charge in [0.25, 0.3) is 0 Å². The maximum absolute atomic E-state index is 11.8. The first-order valence-corrected chi connectivity index (χ1v) is 12.1. The predicted octanol–water partition coefficient (Wildman–Crippen LogP) is 5.17. The van der Waals surface area contributed by atoms with E-state index in [-0.39, 0.29) is 5.54 Å². The molecule has 162 valence electrons. The molecule has 0 saturated heterocycles. The quantitative estimate of drug-likeness (QED) is 0.537. The first kappa shape index (κ1) is 21.5. The highest BCUT2D eigenvalue weighted by Gasteiger charge is 2.29. The summed E-state index contributed by atoms with van der Waals surface area (Å²) in [5, 5.41) is 4.81. The van der Waals surface area contributed by atoms with E-state index >= 15 is 0 Å². The van der Waals surface area contributed by atoms with Gasteiger partial charge in [-0.15, -0.1) is 0 Å². The van der Waals surface area contributed by atoms with E-state index in [2.05, 4.69) is 63.0 Å². The van der Waals surface area contributed by atoms with Gasteiger partial charge in [-0.25, -0.2) is 4.99 Å². The second-order valence-electron chi connectivity index (χ2n) is 9.07. The van der Waals surface area contributed by atoms with Crippen LogP contribution in [0.25, 0.3) is 22.4 Å². The van der Waals surface area contributed by atoms with Gasteiger partial charge in [-0.3, -0.25) is 8.89 Å². The summed E-state index contributed by atoms with van der Waals surface area (Å²) in [7, 11) is -0.995. The van der Waals surface area contributed by atoms with Crippen LogP contribution in [0.4, 0.5) is 0 Å². The van der Waals surface area contributed by atoms with Gasteiger partial charge in [0.05, 0.1) is 11.2 Å². The molecule has 1 aromatic heterocycles. The molecule has 6 heteroatoms. The monoisotopic (exact) mass is 435 g/mol. The zero-order valence-electron chi connectivity index (χ0n) is 18.8. The van der Waals surface area contributed by atoms with Gasteiger partial charge in [0, 0.05) is 28.5 Å². The molecule has 0 spiro atoms. The molecule has 2 heterocycles. The van der Waals surface area contributed by atoms with Gasteiger partial charge in [-0.1, -0.05) is 50.2 Å². The fourth-order valence-electron chi connectivity index (χ4n) is 3.64. The number of nitrogens with zero attached hydrogens (tertiary/aromatic N) is 3. The van der Waals surface area contributed by atoms with Crippen LogP contribution in [0.2, 0.25) is 0 Å². The Bertz CT molecular complexity index is 1140. The number of hydrogen-bond donors (Lipinski definition) is 0. The van der Waals surface area contributed by atoms with E-state index in [0.717, 1.165) is 39.5 Å². The molecule has 2 aromatic carbocycles. The lowest BCUT2D eigenvalue weighted by Crippen LogP contribution is -2.17. The lowest BCUT2D eigenvalue weighted by atomic mass is 10.0. The third-order valence-electron chi connectivity index (χ3n) is 5.18.